The Morgan fingerprint density at radius 1 is 1.13 bits per heavy atom. The van der Waals surface area contributed by atoms with Gasteiger partial charge in [0.05, 0.1) is 25.7 Å². The third kappa shape index (κ3) is 4.48. The summed E-state index contributed by atoms with van der Waals surface area (Å²) in [5, 5.41) is 3.10. The van der Waals surface area contributed by atoms with Crippen molar-refractivity contribution >= 4 is 34.2 Å². The number of esters is 2. The van der Waals surface area contributed by atoms with Crippen molar-refractivity contribution in [3.63, 3.8) is 0 Å². The highest BCUT2D eigenvalue weighted by Gasteiger charge is 2.38. The lowest BCUT2D eigenvalue weighted by Gasteiger charge is -2.12. The molecule has 0 saturated carbocycles. The van der Waals surface area contributed by atoms with Gasteiger partial charge in [-0.05, 0) is 42.0 Å². The van der Waals surface area contributed by atoms with E-state index in [0.29, 0.717) is 35.1 Å². The van der Waals surface area contributed by atoms with E-state index in [0.717, 1.165) is 4.88 Å². The molecule has 1 aromatic carbocycles. The van der Waals surface area contributed by atoms with Crippen LogP contribution in [-0.2, 0) is 25.5 Å². The number of carbonyl (C=O) groups is 3. The van der Waals surface area contributed by atoms with Crippen molar-refractivity contribution in [3.8, 4) is 5.75 Å². The van der Waals surface area contributed by atoms with Crippen LogP contribution in [0.4, 0.5) is 5.00 Å². The van der Waals surface area contributed by atoms with Crippen molar-refractivity contribution in [2.75, 3.05) is 26.1 Å². The highest BCUT2D eigenvalue weighted by atomic mass is 32.1. The van der Waals surface area contributed by atoms with Gasteiger partial charge in [-0.1, -0.05) is 26.0 Å². The summed E-state index contributed by atoms with van der Waals surface area (Å²) in [6.07, 6.45) is 1.21. The van der Waals surface area contributed by atoms with Crippen LogP contribution in [0.2, 0.25) is 0 Å². The fourth-order valence-corrected chi connectivity index (χ4v) is 4.78. The van der Waals surface area contributed by atoms with Crippen LogP contribution in [0.5, 0.6) is 5.75 Å². The number of aryl methyl sites for hydroxylation is 1. The van der Waals surface area contributed by atoms with Gasteiger partial charge in [-0.15, -0.1) is 11.3 Å². The normalized spacial score (nSPS) is 14.9. The first kappa shape index (κ1) is 21.8. The Hall–Kier alpha value is -2.87. The Morgan fingerprint density at radius 2 is 1.83 bits per heavy atom. The molecule has 8 heteroatoms. The van der Waals surface area contributed by atoms with Crippen LogP contribution < -0.4 is 10.1 Å². The van der Waals surface area contributed by atoms with Crippen LogP contribution in [0.1, 0.15) is 58.5 Å². The van der Waals surface area contributed by atoms with Crippen molar-refractivity contribution in [2.24, 2.45) is 0 Å². The number of anilines is 1. The maximum atomic E-state index is 12.4. The van der Waals surface area contributed by atoms with Gasteiger partial charge in [0.15, 0.2) is 6.61 Å². The first-order valence-corrected chi connectivity index (χ1v) is 10.5. The molecule has 2 aromatic rings. The second-order valence-electron chi connectivity index (χ2n) is 7.31. The fraction of sp³-hybridized carbons (Fsp3) is 0.409. The van der Waals surface area contributed by atoms with Gasteiger partial charge in [-0.3, -0.25) is 9.59 Å². The number of rotatable bonds is 7. The summed E-state index contributed by atoms with van der Waals surface area (Å²) in [7, 11) is 2.59. The molecule has 0 bridgehead atoms. The highest BCUT2D eigenvalue weighted by molar-refractivity contribution is 7.17. The Morgan fingerprint density at radius 3 is 2.43 bits per heavy atom. The van der Waals surface area contributed by atoms with Gasteiger partial charge >= 0.3 is 11.9 Å². The molecular formula is C22H25NO6S. The average molecular weight is 432 g/mol. The summed E-state index contributed by atoms with van der Waals surface area (Å²) in [6, 6.07) is 7.57. The standard InChI is InChI=1S/C22H25NO6S/c1-12(2)13-5-7-14(8-6-13)29-11-17(24)23-20-19(22(26)28-4)18-15(21(25)27-3)9-10-16(18)30-20/h5-8,12,15H,9-11H2,1-4H3,(H,23,24). The molecule has 0 radical (unpaired) electrons. The lowest BCUT2D eigenvalue weighted by Crippen LogP contribution is -2.22. The number of benzene rings is 1. The van der Waals surface area contributed by atoms with E-state index < -0.39 is 23.8 Å². The van der Waals surface area contributed by atoms with Crippen LogP contribution in [0.3, 0.4) is 0 Å². The van der Waals surface area contributed by atoms with Gasteiger partial charge in [-0.25, -0.2) is 4.79 Å². The van der Waals surface area contributed by atoms with Gasteiger partial charge in [0.2, 0.25) is 0 Å². The lowest BCUT2D eigenvalue weighted by atomic mass is 9.99. The maximum Gasteiger partial charge on any atom is 0.341 e. The maximum absolute atomic E-state index is 12.4. The molecule has 1 aromatic heterocycles. The summed E-state index contributed by atoms with van der Waals surface area (Å²) in [4.78, 5) is 37.9. The zero-order valence-electron chi connectivity index (χ0n) is 17.4. The van der Waals surface area contributed by atoms with Gasteiger partial charge in [-0.2, -0.15) is 0 Å². The van der Waals surface area contributed by atoms with E-state index in [4.69, 9.17) is 14.2 Å². The van der Waals surface area contributed by atoms with Crippen LogP contribution in [0.25, 0.3) is 0 Å². The topological polar surface area (TPSA) is 90.9 Å². The molecule has 160 valence electrons. The van der Waals surface area contributed by atoms with Gasteiger partial charge in [0.25, 0.3) is 5.91 Å². The molecular weight excluding hydrogens is 406 g/mol. The van der Waals surface area contributed by atoms with E-state index in [2.05, 4.69) is 19.2 Å². The molecule has 1 atom stereocenters. The molecule has 3 rings (SSSR count). The molecule has 0 aliphatic heterocycles. The Labute approximate surface area is 179 Å². The van der Waals surface area contributed by atoms with Crippen molar-refractivity contribution in [1.29, 1.82) is 0 Å². The van der Waals surface area contributed by atoms with Crippen LogP contribution in [0, 0.1) is 0 Å². The molecule has 0 fully saturated rings. The van der Waals surface area contributed by atoms with Crippen LogP contribution in [0.15, 0.2) is 24.3 Å². The lowest BCUT2D eigenvalue weighted by molar-refractivity contribution is -0.142. The number of carbonyl (C=O) groups excluding carboxylic acids is 3. The van der Waals surface area contributed by atoms with E-state index in [1.165, 1.54) is 31.1 Å². The summed E-state index contributed by atoms with van der Waals surface area (Å²) >= 11 is 1.28. The van der Waals surface area contributed by atoms with E-state index in [-0.39, 0.29) is 12.2 Å². The largest absolute Gasteiger partial charge is 0.484 e. The first-order valence-electron chi connectivity index (χ1n) is 9.70. The predicted octanol–water partition coefficient (Wildman–Crippen LogP) is 3.88. The minimum Gasteiger partial charge on any atom is -0.484 e. The average Bonchev–Trinajstić information content (AvgIpc) is 3.30. The van der Waals surface area contributed by atoms with E-state index in [1.807, 2.05) is 24.3 Å². The monoisotopic (exact) mass is 431 g/mol. The van der Waals surface area contributed by atoms with Gasteiger partial charge < -0.3 is 19.5 Å². The number of hydrogen-bond donors (Lipinski definition) is 1. The third-order valence-electron chi connectivity index (χ3n) is 5.08. The molecule has 1 aliphatic rings. The molecule has 1 aliphatic carbocycles. The van der Waals surface area contributed by atoms with Crippen molar-refractivity contribution in [3.05, 3.63) is 45.8 Å². The number of amides is 1. The fourth-order valence-electron chi connectivity index (χ4n) is 3.50. The Bertz CT molecular complexity index is 947. The molecule has 1 unspecified atom stereocenters. The van der Waals surface area contributed by atoms with E-state index in [9.17, 15) is 14.4 Å². The molecule has 1 heterocycles. The SMILES string of the molecule is COC(=O)c1c(NC(=O)COc2ccc(C(C)C)cc2)sc2c1C(C(=O)OC)CC2. The van der Waals surface area contributed by atoms with Crippen molar-refractivity contribution in [2.45, 2.75) is 38.5 Å². The number of fused-ring (bicyclic) bond motifs is 1. The molecule has 0 saturated heterocycles. The minimum atomic E-state index is -0.594. The molecule has 0 spiro atoms. The molecule has 7 nitrogen and oxygen atoms in total. The minimum absolute atomic E-state index is 0.204. The Kier molecular flexibility index (Phi) is 6.77. The number of hydrogen-bond acceptors (Lipinski definition) is 7. The van der Waals surface area contributed by atoms with Crippen LogP contribution >= 0.6 is 11.3 Å². The second kappa shape index (κ2) is 9.30. The number of nitrogens with one attached hydrogen (secondary N) is 1. The van der Waals surface area contributed by atoms with Crippen LogP contribution in [-0.4, -0.2) is 38.7 Å². The number of ether oxygens (including phenoxy) is 3. The van der Waals surface area contributed by atoms with E-state index in [1.54, 1.807) is 0 Å². The van der Waals surface area contributed by atoms with Gasteiger partial charge in [0, 0.05) is 4.88 Å². The predicted molar refractivity (Wildman–Crippen MR) is 113 cm³/mol. The third-order valence-corrected chi connectivity index (χ3v) is 6.26. The summed E-state index contributed by atoms with van der Waals surface area (Å²) < 4.78 is 15.3. The zero-order valence-corrected chi connectivity index (χ0v) is 18.3. The van der Waals surface area contributed by atoms with Crippen molar-refractivity contribution < 1.29 is 28.6 Å². The molecule has 1 N–H and O–H groups in total. The summed E-state index contributed by atoms with van der Waals surface area (Å²) in [6.45, 7) is 4.00. The number of methoxy groups -OCH3 is 2. The van der Waals surface area contributed by atoms with E-state index >= 15 is 0 Å². The number of thiophene rings is 1. The Balaban J connectivity index is 1.74. The van der Waals surface area contributed by atoms with Gasteiger partial charge in [0.1, 0.15) is 10.8 Å². The second-order valence-corrected chi connectivity index (χ2v) is 8.41. The zero-order chi connectivity index (χ0) is 21.8. The summed E-state index contributed by atoms with van der Waals surface area (Å²) in [5.41, 5.74) is 2.00. The van der Waals surface area contributed by atoms with Crippen molar-refractivity contribution in [1.82, 2.24) is 0 Å². The quantitative estimate of drug-likeness (QED) is 0.669. The summed E-state index contributed by atoms with van der Waals surface area (Å²) in [5.74, 6) is -0.929. The smallest absolute Gasteiger partial charge is 0.341 e. The highest BCUT2D eigenvalue weighted by Crippen LogP contribution is 2.45. The molecule has 30 heavy (non-hydrogen) atoms. The first-order chi connectivity index (χ1) is 14.3. The molecule has 1 amide bonds.